The average Bonchev–Trinajstić information content (AvgIpc) is 2.65. The van der Waals surface area contributed by atoms with Gasteiger partial charge in [0.25, 0.3) is 0 Å². The van der Waals surface area contributed by atoms with E-state index in [1.807, 2.05) is 13.0 Å². The maximum Gasteiger partial charge on any atom is 0.320 e. The number of hydrogen-bond acceptors (Lipinski definition) is 4. The topological polar surface area (TPSA) is 75.4 Å². The molecule has 1 aliphatic rings. The molecule has 1 aliphatic heterocycles. The van der Waals surface area contributed by atoms with Crippen molar-refractivity contribution >= 4 is 5.97 Å². The molecule has 0 spiro atoms. The Morgan fingerprint density at radius 2 is 2.47 bits per heavy atom. The van der Waals surface area contributed by atoms with Crippen LogP contribution in [0.5, 0.6) is 0 Å². The van der Waals surface area contributed by atoms with Crippen molar-refractivity contribution in [1.29, 1.82) is 0 Å². The van der Waals surface area contributed by atoms with Crippen LogP contribution in [0.3, 0.4) is 0 Å². The molecule has 0 aromatic carbocycles. The standard InChI is InChI=1S/C10H14N2O3/c1-6-5-9(12-15-6)7-3-2-4-8(11-7)10(13)14/h5,7-8,11H,2-4H2,1H3,(H,13,14). The highest BCUT2D eigenvalue weighted by atomic mass is 16.5. The predicted molar refractivity (Wildman–Crippen MR) is 52.4 cm³/mol. The molecule has 0 bridgehead atoms. The van der Waals surface area contributed by atoms with E-state index in [0.29, 0.717) is 6.42 Å². The molecule has 2 unspecified atom stereocenters. The predicted octanol–water partition coefficient (Wildman–Crippen LogP) is 1.25. The fourth-order valence-corrected chi connectivity index (χ4v) is 1.91. The molecule has 0 amide bonds. The van der Waals surface area contributed by atoms with E-state index in [1.165, 1.54) is 0 Å². The average molecular weight is 210 g/mol. The van der Waals surface area contributed by atoms with E-state index in [-0.39, 0.29) is 6.04 Å². The van der Waals surface area contributed by atoms with E-state index >= 15 is 0 Å². The molecule has 5 heteroatoms. The van der Waals surface area contributed by atoms with Crippen molar-refractivity contribution in [3.8, 4) is 0 Å². The van der Waals surface area contributed by atoms with Gasteiger partial charge in [0.2, 0.25) is 0 Å². The number of aryl methyl sites for hydroxylation is 1. The van der Waals surface area contributed by atoms with Crippen LogP contribution >= 0.6 is 0 Å². The van der Waals surface area contributed by atoms with E-state index in [1.54, 1.807) is 0 Å². The lowest BCUT2D eigenvalue weighted by atomic mass is 9.96. The highest BCUT2D eigenvalue weighted by Crippen LogP contribution is 2.25. The summed E-state index contributed by atoms with van der Waals surface area (Å²) in [5.74, 6) is -0.0378. The smallest absolute Gasteiger partial charge is 0.320 e. The Morgan fingerprint density at radius 3 is 3.07 bits per heavy atom. The molecular weight excluding hydrogens is 196 g/mol. The lowest BCUT2D eigenvalue weighted by molar-refractivity contribution is -0.140. The summed E-state index contributed by atoms with van der Waals surface area (Å²) >= 11 is 0. The molecule has 2 rings (SSSR count). The molecule has 0 aliphatic carbocycles. The largest absolute Gasteiger partial charge is 0.480 e. The van der Waals surface area contributed by atoms with Crippen molar-refractivity contribution < 1.29 is 14.4 Å². The van der Waals surface area contributed by atoms with Crippen molar-refractivity contribution in [1.82, 2.24) is 10.5 Å². The third-order valence-corrected chi connectivity index (χ3v) is 2.69. The summed E-state index contributed by atoms with van der Waals surface area (Å²) in [6, 6.07) is 1.40. The van der Waals surface area contributed by atoms with Gasteiger partial charge in [-0.05, 0) is 26.2 Å². The molecule has 2 N–H and O–H groups in total. The summed E-state index contributed by atoms with van der Waals surface area (Å²) in [7, 11) is 0. The van der Waals surface area contributed by atoms with Crippen molar-refractivity contribution in [3.63, 3.8) is 0 Å². The molecule has 2 atom stereocenters. The second kappa shape index (κ2) is 4.02. The van der Waals surface area contributed by atoms with Gasteiger partial charge in [-0.1, -0.05) is 5.16 Å². The Kier molecular flexibility index (Phi) is 2.73. The zero-order chi connectivity index (χ0) is 10.8. The van der Waals surface area contributed by atoms with Gasteiger partial charge in [-0.25, -0.2) is 0 Å². The van der Waals surface area contributed by atoms with Gasteiger partial charge in [-0.15, -0.1) is 0 Å². The Bertz CT molecular complexity index is 361. The zero-order valence-electron chi connectivity index (χ0n) is 8.56. The maximum absolute atomic E-state index is 10.8. The molecule has 82 valence electrons. The minimum absolute atomic E-state index is 0.0114. The Balaban J connectivity index is 2.07. The van der Waals surface area contributed by atoms with Gasteiger partial charge in [-0.2, -0.15) is 0 Å². The molecule has 15 heavy (non-hydrogen) atoms. The Labute approximate surface area is 87.5 Å². The van der Waals surface area contributed by atoms with Gasteiger partial charge in [-0.3, -0.25) is 10.1 Å². The fourth-order valence-electron chi connectivity index (χ4n) is 1.91. The molecule has 5 nitrogen and oxygen atoms in total. The quantitative estimate of drug-likeness (QED) is 0.768. The molecule has 1 aromatic rings. The van der Waals surface area contributed by atoms with Crippen LogP contribution in [0.25, 0.3) is 0 Å². The Morgan fingerprint density at radius 1 is 1.67 bits per heavy atom. The van der Waals surface area contributed by atoms with Crippen LogP contribution in [-0.2, 0) is 4.79 Å². The number of aromatic nitrogens is 1. The van der Waals surface area contributed by atoms with Gasteiger partial charge < -0.3 is 9.63 Å². The van der Waals surface area contributed by atoms with Crippen LogP contribution in [0, 0.1) is 6.92 Å². The minimum Gasteiger partial charge on any atom is -0.480 e. The van der Waals surface area contributed by atoms with Crippen LogP contribution in [-0.4, -0.2) is 22.3 Å². The van der Waals surface area contributed by atoms with Crippen LogP contribution < -0.4 is 5.32 Å². The van der Waals surface area contributed by atoms with Crippen molar-refractivity contribution in [2.75, 3.05) is 0 Å². The summed E-state index contributed by atoms with van der Waals surface area (Å²) in [5, 5.41) is 15.9. The monoisotopic (exact) mass is 210 g/mol. The van der Waals surface area contributed by atoms with Crippen LogP contribution in [0.1, 0.15) is 36.8 Å². The van der Waals surface area contributed by atoms with Gasteiger partial charge in [0.05, 0.1) is 6.04 Å². The number of hydrogen-bond donors (Lipinski definition) is 2. The van der Waals surface area contributed by atoms with E-state index in [0.717, 1.165) is 24.3 Å². The fraction of sp³-hybridized carbons (Fsp3) is 0.600. The van der Waals surface area contributed by atoms with E-state index in [9.17, 15) is 4.79 Å². The van der Waals surface area contributed by atoms with E-state index in [2.05, 4.69) is 10.5 Å². The first kappa shape index (κ1) is 10.2. The van der Waals surface area contributed by atoms with Crippen LogP contribution in [0.2, 0.25) is 0 Å². The molecule has 1 fully saturated rings. The summed E-state index contributed by atoms with van der Waals surface area (Å²) in [4.78, 5) is 10.8. The van der Waals surface area contributed by atoms with Crippen molar-refractivity contribution in [2.45, 2.75) is 38.3 Å². The first-order valence-corrected chi connectivity index (χ1v) is 5.09. The summed E-state index contributed by atoms with van der Waals surface area (Å²) in [6.45, 7) is 1.83. The lowest BCUT2D eigenvalue weighted by Gasteiger charge is -2.26. The first-order chi connectivity index (χ1) is 7.16. The van der Waals surface area contributed by atoms with Crippen LogP contribution in [0.4, 0.5) is 0 Å². The minimum atomic E-state index is -0.792. The normalized spacial score (nSPS) is 26.5. The van der Waals surface area contributed by atoms with E-state index < -0.39 is 12.0 Å². The molecule has 0 radical (unpaired) electrons. The number of aliphatic carboxylic acids is 1. The number of piperidine rings is 1. The highest BCUT2D eigenvalue weighted by Gasteiger charge is 2.28. The summed E-state index contributed by atoms with van der Waals surface area (Å²) < 4.78 is 4.98. The van der Waals surface area contributed by atoms with Crippen molar-refractivity contribution in [2.24, 2.45) is 0 Å². The van der Waals surface area contributed by atoms with Crippen LogP contribution in [0.15, 0.2) is 10.6 Å². The lowest BCUT2D eigenvalue weighted by Crippen LogP contribution is -2.42. The molecule has 1 saturated heterocycles. The number of carbonyl (C=O) groups is 1. The molecular formula is C10H14N2O3. The summed E-state index contributed by atoms with van der Waals surface area (Å²) in [6.07, 6.45) is 2.50. The highest BCUT2D eigenvalue weighted by molar-refractivity contribution is 5.73. The number of carboxylic acid groups (broad SMARTS) is 1. The van der Waals surface area contributed by atoms with Gasteiger partial charge >= 0.3 is 5.97 Å². The van der Waals surface area contributed by atoms with Crippen molar-refractivity contribution in [3.05, 3.63) is 17.5 Å². The SMILES string of the molecule is Cc1cc(C2CCCC(C(=O)O)N2)no1. The van der Waals surface area contributed by atoms with Gasteiger partial charge in [0, 0.05) is 6.07 Å². The number of carboxylic acids is 1. The second-order valence-electron chi connectivity index (χ2n) is 3.90. The third-order valence-electron chi connectivity index (χ3n) is 2.69. The third kappa shape index (κ3) is 2.18. The Hall–Kier alpha value is -1.36. The number of nitrogens with zero attached hydrogens (tertiary/aromatic N) is 1. The van der Waals surface area contributed by atoms with Gasteiger partial charge in [0.15, 0.2) is 0 Å². The van der Waals surface area contributed by atoms with E-state index in [4.69, 9.17) is 9.63 Å². The number of nitrogens with one attached hydrogen (secondary N) is 1. The second-order valence-corrected chi connectivity index (χ2v) is 3.90. The van der Waals surface area contributed by atoms with Gasteiger partial charge in [0.1, 0.15) is 17.5 Å². The first-order valence-electron chi connectivity index (χ1n) is 5.09. The zero-order valence-corrected chi connectivity index (χ0v) is 8.56. The molecule has 0 saturated carbocycles. The number of rotatable bonds is 2. The summed E-state index contributed by atoms with van der Waals surface area (Å²) in [5.41, 5.74) is 0.804. The maximum atomic E-state index is 10.8. The molecule has 1 aromatic heterocycles. The molecule has 2 heterocycles.